The minimum atomic E-state index is -0.250. The normalized spacial score (nSPS) is 17.3. The molecule has 2 aromatic rings. The van der Waals surface area contributed by atoms with Gasteiger partial charge >= 0.3 is 0 Å². The van der Waals surface area contributed by atoms with Gasteiger partial charge in [0.15, 0.2) is 0 Å². The fraction of sp³-hybridized carbons (Fsp3) is 0.400. The summed E-state index contributed by atoms with van der Waals surface area (Å²) < 4.78 is 11.2. The second-order valence-corrected chi connectivity index (χ2v) is 8.27. The molecule has 0 saturated carbocycles. The van der Waals surface area contributed by atoms with E-state index in [-0.39, 0.29) is 43.2 Å². The number of hydrogen-bond acceptors (Lipinski definition) is 5. The Kier molecular flexibility index (Phi) is 7.24. The first-order valence-corrected chi connectivity index (χ1v) is 11.3. The standard InChI is InChI=1S/C25H29N3O5/c1-32-22-11-5-2-7-18(22)15-27(16-19-8-6-14-33-19)24(30)12-13-25(31)28-17-23(29)26-20-9-3-4-10-21(20)28/h2-5,7,9-11,19H,6,8,12-17H2,1H3,(H,26,29). The molecule has 1 N–H and O–H groups in total. The van der Waals surface area contributed by atoms with Crippen molar-refractivity contribution in [3.05, 3.63) is 54.1 Å². The van der Waals surface area contributed by atoms with Crippen molar-refractivity contribution >= 4 is 29.1 Å². The smallest absolute Gasteiger partial charge is 0.244 e. The van der Waals surface area contributed by atoms with Crippen molar-refractivity contribution in [1.82, 2.24) is 4.90 Å². The Balaban J connectivity index is 1.44. The first kappa shape index (κ1) is 22.8. The number of nitrogens with one attached hydrogen (secondary N) is 1. The topological polar surface area (TPSA) is 88.2 Å². The van der Waals surface area contributed by atoms with Crippen LogP contribution >= 0.6 is 0 Å². The summed E-state index contributed by atoms with van der Waals surface area (Å²) in [6, 6.07) is 14.8. The molecule has 2 aromatic carbocycles. The lowest BCUT2D eigenvalue weighted by Gasteiger charge is -2.30. The van der Waals surface area contributed by atoms with Crippen LogP contribution in [0.25, 0.3) is 0 Å². The quantitative estimate of drug-likeness (QED) is 0.667. The molecule has 4 rings (SSSR count). The van der Waals surface area contributed by atoms with Crippen molar-refractivity contribution in [3.8, 4) is 5.75 Å². The fourth-order valence-corrected chi connectivity index (χ4v) is 4.29. The summed E-state index contributed by atoms with van der Waals surface area (Å²) in [5.41, 5.74) is 2.16. The first-order valence-electron chi connectivity index (χ1n) is 11.3. The molecule has 0 aromatic heterocycles. The average Bonchev–Trinajstić information content (AvgIpc) is 3.35. The Hall–Kier alpha value is -3.39. The third kappa shape index (κ3) is 5.51. The van der Waals surface area contributed by atoms with Crippen LogP contribution in [-0.4, -0.2) is 55.5 Å². The maximum atomic E-state index is 13.2. The summed E-state index contributed by atoms with van der Waals surface area (Å²) in [5, 5.41) is 2.77. The Bertz CT molecular complexity index is 1020. The zero-order chi connectivity index (χ0) is 23.2. The number of benzene rings is 2. The summed E-state index contributed by atoms with van der Waals surface area (Å²) >= 11 is 0. The molecular weight excluding hydrogens is 422 g/mol. The molecule has 8 heteroatoms. The van der Waals surface area contributed by atoms with Gasteiger partial charge in [0.1, 0.15) is 12.3 Å². The zero-order valence-electron chi connectivity index (χ0n) is 18.8. The number of amides is 3. The van der Waals surface area contributed by atoms with Gasteiger partial charge in [0.05, 0.1) is 24.6 Å². The van der Waals surface area contributed by atoms with Crippen molar-refractivity contribution in [2.45, 2.75) is 38.3 Å². The summed E-state index contributed by atoms with van der Waals surface area (Å²) in [7, 11) is 1.61. The predicted octanol–water partition coefficient (Wildman–Crippen LogP) is 2.97. The monoisotopic (exact) mass is 451 g/mol. The van der Waals surface area contributed by atoms with Crippen molar-refractivity contribution in [2.75, 3.05) is 37.0 Å². The van der Waals surface area contributed by atoms with E-state index in [0.29, 0.717) is 31.1 Å². The van der Waals surface area contributed by atoms with Gasteiger partial charge in [0, 0.05) is 38.1 Å². The third-order valence-electron chi connectivity index (χ3n) is 5.98. The number of fused-ring (bicyclic) bond motifs is 1. The highest BCUT2D eigenvalue weighted by Gasteiger charge is 2.28. The number of methoxy groups -OCH3 is 1. The van der Waals surface area contributed by atoms with Crippen LogP contribution in [0.4, 0.5) is 11.4 Å². The van der Waals surface area contributed by atoms with Crippen LogP contribution in [0.3, 0.4) is 0 Å². The molecular formula is C25H29N3O5. The van der Waals surface area contributed by atoms with E-state index in [0.717, 1.165) is 24.2 Å². The first-order chi connectivity index (χ1) is 16.0. The van der Waals surface area contributed by atoms with E-state index in [4.69, 9.17) is 9.47 Å². The maximum Gasteiger partial charge on any atom is 0.244 e. The number of ether oxygens (including phenoxy) is 2. The number of para-hydroxylation sites is 3. The number of carbonyl (C=O) groups is 3. The summed E-state index contributed by atoms with van der Waals surface area (Å²) in [4.78, 5) is 41.4. The molecule has 0 radical (unpaired) electrons. The molecule has 2 heterocycles. The zero-order valence-corrected chi connectivity index (χ0v) is 18.8. The summed E-state index contributed by atoms with van der Waals surface area (Å²) in [6.07, 6.45) is 1.97. The number of rotatable bonds is 8. The van der Waals surface area contributed by atoms with Gasteiger partial charge in [-0.1, -0.05) is 30.3 Å². The number of anilines is 2. The van der Waals surface area contributed by atoms with Gasteiger partial charge in [-0.3, -0.25) is 14.4 Å². The number of carbonyl (C=O) groups excluding carboxylic acids is 3. The van der Waals surface area contributed by atoms with E-state index in [2.05, 4.69) is 5.32 Å². The lowest BCUT2D eigenvalue weighted by molar-refractivity contribution is -0.135. The minimum absolute atomic E-state index is 0.00275. The Morgan fingerprint density at radius 2 is 1.94 bits per heavy atom. The molecule has 174 valence electrons. The molecule has 0 spiro atoms. The average molecular weight is 452 g/mol. The molecule has 0 bridgehead atoms. The second-order valence-electron chi connectivity index (χ2n) is 8.27. The Morgan fingerprint density at radius 1 is 1.15 bits per heavy atom. The third-order valence-corrected chi connectivity index (χ3v) is 5.98. The molecule has 3 amide bonds. The fourth-order valence-electron chi connectivity index (χ4n) is 4.29. The van der Waals surface area contributed by atoms with Crippen LogP contribution in [0.2, 0.25) is 0 Å². The summed E-state index contributed by atoms with van der Waals surface area (Å²) in [6.45, 7) is 1.51. The highest BCUT2D eigenvalue weighted by molar-refractivity contribution is 6.10. The van der Waals surface area contributed by atoms with Crippen LogP contribution in [0.5, 0.6) is 5.75 Å². The van der Waals surface area contributed by atoms with E-state index in [1.165, 1.54) is 4.90 Å². The van der Waals surface area contributed by atoms with Crippen LogP contribution in [0, 0.1) is 0 Å². The van der Waals surface area contributed by atoms with Crippen molar-refractivity contribution in [2.24, 2.45) is 0 Å². The molecule has 33 heavy (non-hydrogen) atoms. The van der Waals surface area contributed by atoms with Crippen LogP contribution in [-0.2, 0) is 25.7 Å². The SMILES string of the molecule is COc1ccccc1CN(CC1CCCO1)C(=O)CCC(=O)N1CC(=O)Nc2ccccc21. The highest BCUT2D eigenvalue weighted by atomic mass is 16.5. The highest BCUT2D eigenvalue weighted by Crippen LogP contribution is 2.29. The van der Waals surface area contributed by atoms with E-state index < -0.39 is 0 Å². The van der Waals surface area contributed by atoms with Crippen molar-refractivity contribution < 1.29 is 23.9 Å². The molecule has 1 atom stereocenters. The van der Waals surface area contributed by atoms with Gasteiger partial charge < -0.3 is 24.6 Å². The number of nitrogens with zero attached hydrogens (tertiary/aromatic N) is 2. The van der Waals surface area contributed by atoms with E-state index in [1.54, 1.807) is 30.2 Å². The van der Waals surface area contributed by atoms with Gasteiger partial charge in [-0.15, -0.1) is 0 Å². The molecule has 1 unspecified atom stereocenters. The Labute approximate surface area is 193 Å². The molecule has 2 aliphatic rings. The van der Waals surface area contributed by atoms with Gasteiger partial charge in [-0.2, -0.15) is 0 Å². The number of hydrogen-bond donors (Lipinski definition) is 1. The van der Waals surface area contributed by atoms with E-state index >= 15 is 0 Å². The molecule has 2 aliphatic heterocycles. The van der Waals surface area contributed by atoms with Crippen molar-refractivity contribution in [3.63, 3.8) is 0 Å². The van der Waals surface area contributed by atoms with Gasteiger partial charge in [0.2, 0.25) is 17.7 Å². The maximum absolute atomic E-state index is 13.2. The Morgan fingerprint density at radius 3 is 2.73 bits per heavy atom. The van der Waals surface area contributed by atoms with Crippen LogP contribution < -0.4 is 15.0 Å². The van der Waals surface area contributed by atoms with Crippen molar-refractivity contribution in [1.29, 1.82) is 0 Å². The van der Waals surface area contributed by atoms with Gasteiger partial charge in [-0.05, 0) is 31.0 Å². The van der Waals surface area contributed by atoms with E-state index in [9.17, 15) is 14.4 Å². The predicted molar refractivity (Wildman–Crippen MR) is 124 cm³/mol. The molecule has 1 saturated heterocycles. The second kappa shape index (κ2) is 10.5. The lowest BCUT2D eigenvalue weighted by atomic mass is 10.1. The summed E-state index contributed by atoms with van der Waals surface area (Å²) in [5.74, 6) is 0.0960. The van der Waals surface area contributed by atoms with E-state index in [1.807, 2.05) is 30.3 Å². The van der Waals surface area contributed by atoms with Crippen LogP contribution in [0.15, 0.2) is 48.5 Å². The largest absolute Gasteiger partial charge is 0.496 e. The molecule has 8 nitrogen and oxygen atoms in total. The van der Waals surface area contributed by atoms with Gasteiger partial charge in [-0.25, -0.2) is 0 Å². The van der Waals surface area contributed by atoms with Gasteiger partial charge in [0.25, 0.3) is 0 Å². The molecule has 0 aliphatic carbocycles. The minimum Gasteiger partial charge on any atom is -0.496 e. The lowest BCUT2D eigenvalue weighted by Crippen LogP contribution is -2.43. The molecule has 1 fully saturated rings. The van der Waals surface area contributed by atoms with Crippen LogP contribution in [0.1, 0.15) is 31.2 Å².